The van der Waals surface area contributed by atoms with E-state index in [0.717, 1.165) is 13.0 Å². The fraction of sp³-hybridized carbons (Fsp3) is 1.00. The van der Waals surface area contributed by atoms with Crippen molar-refractivity contribution in [1.29, 1.82) is 0 Å². The molecule has 1 aliphatic rings. The molecule has 1 fully saturated rings. The Labute approximate surface area is 63.0 Å². The van der Waals surface area contributed by atoms with Crippen LogP contribution in [0.4, 0.5) is 0 Å². The van der Waals surface area contributed by atoms with Gasteiger partial charge in [0.25, 0.3) is 0 Å². The monoisotopic (exact) mass is 143 g/mol. The van der Waals surface area contributed by atoms with Crippen LogP contribution in [0.2, 0.25) is 0 Å². The molecule has 0 radical (unpaired) electrons. The molecule has 0 saturated carbocycles. The van der Waals surface area contributed by atoms with Crippen molar-refractivity contribution >= 4 is 0 Å². The Morgan fingerprint density at radius 3 is 2.60 bits per heavy atom. The Balaban J connectivity index is 2.18. The van der Waals surface area contributed by atoms with Crippen LogP contribution in [-0.4, -0.2) is 24.8 Å². The number of rotatable bonds is 2. The minimum absolute atomic E-state index is 0.372. The highest BCUT2D eigenvalue weighted by atomic mass is 16.5. The minimum atomic E-state index is 0.372. The van der Waals surface area contributed by atoms with Gasteiger partial charge in [-0.25, -0.2) is 0 Å². The second-order valence-electron chi connectivity index (χ2n) is 3.35. The summed E-state index contributed by atoms with van der Waals surface area (Å²) in [5.74, 6) is 0. The lowest BCUT2D eigenvalue weighted by Gasteiger charge is -2.13. The van der Waals surface area contributed by atoms with Crippen molar-refractivity contribution in [3.05, 3.63) is 0 Å². The van der Waals surface area contributed by atoms with E-state index in [2.05, 4.69) is 26.1 Å². The number of ether oxygens (including phenoxy) is 1. The fourth-order valence-corrected chi connectivity index (χ4v) is 1.38. The molecule has 0 spiro atoms. The largest absolute Gasteiger partial charge is 0.374 e. The molecular formula is C8H17NO. The van der Waals surface area contributed by atoms with Crippen LogP contribution in [0.3, 0.4) is 0 Å². The molecule has 2 nitrogen and oxygen atoms in total. The van der Waals surface area contributed by atoms with E-state index in [9.17, 15) is 0 Å². The second-order valence-corrected chi connectivity index (χ2v) is 3.35. The van der Waals surface area contributed by atoms with Gasteiger partial charge in [0.15, 0.2) is 0 Å². The average molecular weight is 143 g/mol. The van der Waals surface area contributed by atoms with Gasteiger partial charge in [-0.3, -0.25) is 0 Å². The molecule has 10 heavy (non-hydrogen) atoms. The molecule has 1 aliphatic heterocycles. The van der Waals surface area contributed by atoms with Gasteiger partial charge in [0.05, 0.1) is 12.2 Å². The summed E-state index contributed by atoms with van der Waals surface area (Å²) in [6.45, 7) is 7.40. The smallest absolute Gasteiger partial charge is 0.0717 e. The Kier molecular flexibility index (Phi) is 2.69. The van der Waals surface area contributed by atoms with E-state index in [4.69, 9.17) is 4.74 Å². The van der Waals surface area contributed by atoms with E-state index in [-0.39, 0.29) is 0 Å². The first-order valence-electron chi connectivity index (χ1n) is 4.07. The van der Waals surface area contributed by atoms with Crippen molar-refractivity contribution in [1.82, 2.24) is 5.32 Å². The molecular weight excluding hydrogens is 126 g/mol. The van der Waals surface area contributed by atoms with Crippen molar-refractivity contribution in [2.24, 2.45) is 0 Å². The summed E-state index contributed by atoms with van der Waals surface area (Å²) in [6.07, 6.45) is 1.99. The molecule has 0 aromatic rings. The van der Waals surface area contributed by atoms with Crippen LogP contribution in [0, 0.1) is 0 Å². The standard InChI is InChI=1S/C8H17NO/c1-6(2)10-8-4-7(3)9-5-8/h6-9H,4-5H2,1-3H3/t7-,8-/m0/s1. The molecule has 2 atom stereocenters. The second kappa shape index (κ2) is 3.35. The molecule has 1 rings (SSSR count). The predicted molar refractivity (Wildman–Crippen MR) is 42.1 cm³/mol. The number of nitrogens with one attached hydrogen (secondary N) is 1. The van der Waals surface area contributed by atoms with Gasteiger partial charge < -0.3 is 10.1 Å². The summed E-state index contributed by atoms with van der Waals surface area (Å²) >= 11 is 0. The van der Waals surface area contributed by atoms with Gasteiger partial charge in [-0.1, -0.05) is 0 Å². The highest BCUT2D eigenvalue weighted by Crippen LogP contribution is 2.11. The van der Waals surface area contributed by atoms with Gasteiger partial charge in [0, 0.05) is 12.6 Å². The molecule has 2 heteroatoms. The molecule has 0 amide bonds. The number of hydrogen-bond acceptors (Lipinski definition) is 2. The molecule has 1 N–H and O–H groups in total. The van der Waals surface area contributed by atoms with Crippen LogP contribution in [0.25, 0.3) is 0 Å². The van der Waals surface area contributed by atoms with Gasteiger partial charge in [-0.2, -0.15) is 0 Å². The van der Waals surface area contributed by atoms with Crippen LogP contribution in [0.5, 0.6) is 0 Å². The molecule has 0 unspecified atom stereocenters. The predicted octanol–water partition coefficient (Wildman–Crippen LogP) is 1.16. The van der Waals surface area contributed by atoms with E-state index in [1.165, 1.54) is 0 Å². The summed E-state index contributed by atoms with van der Waals surface area (Å²) in [7, 11) is 0. The third-order valence-electron chi connectivity index (χ3n) is 1.78. The Bertz CT molecular complexity index is 103. The summed E-state index contributed by atoms with van der Waals surface area (Å²) in [6, 6.07) is 0.642. The first kappa shape index (κ1) is 8.02. The van der Waals surface area contributed by atoms with Gasteiger partial charge in [-0.05, 0) is 27.2 Å². The third-order valence-corrected chi connectivity index (χ3v) is 1.78. The van der Waals surface area contributed by atoms with Gasteiger partial charge in [0.1, 0.15) is 0 Å². The van der Waals surface area contributed by atoms with E-state index in [1.807, 2.05) is 0 Å². The summed E-state index contributed by atoms with van der Waals surface area (Å²) in [5, 5.41) is 3.35. The molecule has 0 aliphatic carbocycles. The normalized spacial score (nSPS) is 33.6. The third kappa shape index (κ3) is 2.27. The van der Waals surface area contributed by atoms with E-state index in [0.29, 0.717) is 18.2 Å². The van der Waals surface area contributed by atoms with Gasteiger partial charge in [0.2, 0.25) is 0 Å². The van der Waals surface area contributed by atoms with Crippen LogP contribution in [0.1, 0.15) is 27.2 Å². The van der Waals surface area contributed by atoms with Crippen LogP contribution < -0.4 is 5.32 Å². The van der Waals surface area contributed by atoms with Crippen molar-refractivity contribution in [3.8, 4) is 0 Å². The van der Waals surface area contributed by atoms with Crippen LogP contribution in [0.15, 0.2) is 0 Å². The molecule has 1 saturated heterocycles. The first-order valence-corrected chi connectivity index (χ1v) is 4.07. The van der Waals surface area contributed by atoms with E-state index < -0.39 is 0 Å². The lowest BCUT2D eigenvalue weighted by Crippen LogP contribution is -2.21. The first-order chi connectivity index (χ1) is 4.68. The molecule has 0 aromatic heterocycles. The van der Waals surface area contributed by atoms with E-state index in [1.54, 1.807) is 0 Å². The van der Waals surface area contributed by atoms with Crippen LogP contribution >= 0.6 is 0 Å². The zero-order valence-electron chi connectivity index (χ0n) is 7.05. The minimum Gasteiger partial charge on any atom is -0.374 e. The van der Waals surface area contributed by atoms with Crippen molar-refractivity contribution in [2.45, 2.75) is 45.4 Å². The summed E-state index contributed by atoms with van der Waals surface area (Å²) in [5.41, 5.74) is 0. The lowest BCUT2D eigenvalue weighted by molar-refractivity contribution is 0.0189. The quantitative estimate of drug-likeness (QED) is 0.626. The maximum atomic E-state index is 5.62. The maximum Gasteiger partial charge on any atom is 0.0717 e. The molecule has 1 heterocycles. The van der Waals surface area contributed by atoms with Gasteiger partial charge in [-0.15, -0.1) is 0 Å². The molecule has 0 aromatic carbocycles. The number of hydrogen-bond donors (Lipinski definition) is 1. The van der Waals surface area contributed by atoms with Crippen molar-refractivity contribution in [3.63, 3.8) is 0 Å². The fourth-order valence-electron chi connectivity index (χ4n) is 1.38. The lowest BCUT2D eigenvalue weighted by atomic mass is 10.2. The SMILES string of the molecule is CC(C)O[C@@H]1CN[C@@H](C)C1. The van der Waals surface area contributed by atoms with Crippen molar-refractivity contribution in [2.75, 3.05) is 6.54 Å². The van der Waals surface area contributed by atoms with Crippen LogP contribution in [-0.2, 0) is 4.74 Å². The maximum absolute atomic E-state index is 5.62. The van der Waals surface area contributed by atoms with Crippen molar-refractivity contribution < 1.29 is 4.74 Å². The van der Waals surface area contributed by atoms with Gasteiger partial charge >= 0.3 is 0 Å². The Hall–Kier alpha value is -0.0800. The highest BCUT2D eigenvalue weighted by Gasteiger charge is 2.21. The topological polar surface area (TPSA) is 21.3 Å². The Morgan fingerprint density at radius 1 is 1.50 bits per heavy atom. The summed E-state index contributed by atoms with van der Waals surface area (Å²) < 4.78 is 5.62. The van der Waals surface area contributed by atoms with E-state index >= 15 is 0 Å². The molecule has 0 bridgehead atoms. The Morgan fingerprint density at radius 2 is 2.20 bits per heavy atom. The zero-order valence-corrected chi connectivity index (χ0v) is 7.05. The zero-order chi connectivity index (χ0) is 7.56. The average Bonchev–Trinajstić information content (AvgIpc) is 2.13. The summed E-state index contributed by atoms with van der Waals surface area (Å²) in [4.78, 5) is 0. The molecule has 60 valence electrons. The highest BCUT2D eigenvalue weighted by molar-refractivity contribution is 4.78.